The van der Waals surface area contributed by atoms with Crippen LogP contribution in [0.4, 0.5) is 0 Å². The molecule has 0 saturated carbocycles. The van der Waals surface area contributed by atoms with E-state index in [4.69, 9.17) is 0 Å². The lowest BCUT2D eigenvalue weighted by Crippen LogP contribution is -2.16. The SMILES string of the molecule is CC(C)(C)c1cc(C#CC(C#Cc2cc(C(C)(C)C)cc(C(C)(C)C)c2)=C(Br)Br)cc(C(C)(C)C)c1. The summed E-state index contributed by atoms with van der Waals surface area (Å²) in [5.41, 5.74) is 8.13. The summed E-state index contributed by atoms with van der Waals surface area (Å²) >= 11 is 7.13. The first-order valence-corrected chi connectivity index (χ1v) is 14.2. The highest BCUT2D eigenvalue weighted by molar-refractivity contribution is 9.28. The van der Waals surface area contributed by atoms with Crippen LogP contribution in [0.25, 0.3) is 0 Å². The first-order chi connectivity index (χ1) is 16.2. The first-order valence-electron chi connectivity index (χ1n) is 12.6. The van der Waals surface area contributed by atoms with Gasteiger partial charge in [0.15, 0.2) is 0 Å². The fraction of sp³-hybridized carbons (Fsp3) is 0.471. The highest BCUT2D eigenvalue weighted by atomic mass is 79.9. The predicted octanol–water partition coefficient (Wildman–Crippen LogP) is 10.3. The van der Waals surface area contributed by atoms with Gasteiger partial charge in [-0.05, 0) is 100 Å². The standard InChI is InChI=1S/C34H42Br2/c1-31(2,3)26-17-23(18-27(21-26)32(4,5)6)13-15-25(30(35)36)16-14-24-19-28(33(7,8)9)22-29(20-24)34(10,11)12/h17-22H,1-12H3. The van der Waals surface area contributed by atoms with Gasteiger partial charge in [0.1, 0.15) is 0 Å². The van der Waals surface area contributed by atoms with E-state index in [1.165, 1.54) is 22.3 Å². The van der Waals surface area contributed by atoms with Crippen LogP contribution in [0, 0.1) is 23.7 Å². The Morgan fingerprint density at radius 3 is 0.917 bits per heavy atom. The molecule has 0 aliphatic heterocycles. The normalized spacial score (nSPS) is 12.3. The van der Waals surface area contributed by atoms with Gasteiger partial charge in [-0.3, -0.25) is 0 Å². The van der Waals surface area contributed by atoms with E-state index < -0.39 is 0 Å². The van der Waals surface area contributed by atoms with Gasteiger partial charge in [-0.15, -0.1) is 0 Å². The zero-order valence-corrected chi connectivity index (χ0v) is 27.4. The van der Waals surface area contributed by atoms with Crippen LogP contribution in [-0.4, -0.2) is 0 Å². The number of hydrogen-bond donors (Lipinski definition) is 0. The summed E-state index contributed by atoms with van der Waals surface area (Å²) in [5.74, 6) is 13.4. The number of rotatable bonds is 0. The number of benzene rings is 2. The van der Waals surface area contributed by atoms with Crippen LogP contribution in [0.1, 0.15) is 116 Å². The van der Waals surface area contributed by atoms with Crippen LogP contribution in [-0.2, 0) is 21.7 Å². The van der Waals surface area contributed by atoms with E-state index in [-0.39, 0.29) is 21.7 Å². The lowest BCUT2D eigenvalue weighted by Gasteiger charge is -2.25. The summed E-state index contributed by atoms with van der Waals surface area (Å²) in [5, 5.41) is 0. The molecular weight excluding hydrogens is 568 g/mol. The topological polar surface area (TPSA) is 0 Å². The van der Waals surface area contributed by atoms with Crippen molar-refractivity contribution in [1.82, 2.24) is 0 Å². The van der Waals surface area contributed by atoms with Crippen molar-refractivity contribution in [3.63, 3.8) is 0 Å². The van der Waals surface area contributed by atoms with Gasteiger partial charge < -0.3 is 0 Å². The maximum atomic E-state index is 3.56. The fourth-order valence-corrected chi connectivity index (χ4v) is 3.92. The Hall–Kier alpha value is -1.74. The summed E-state index contributed by atoms with van der Waals surface area (Å²) in [6, 6.07) is 13.5. The van der Waals surface area contributed by atoms with Gasteiger partial charge in [-0.1, -0.05) is 119 Å². The predicted molar refractivity (Wildman–Crippen MR) is 166 cm³/mol. The molecule has 0 spiro atoms. The summed E-state index contributed by atoms with van der Waals surface area (Å²) in [7, 11) is 0. The van der Waals surface area contributed by atoms with Gasteiger partial charge in [0.05, 0.1) is 8.96 Å². The molecule has 0 unspecified atom stereocenters. The highest BCUT2D eigenvalue weighted by Crippen LogP contribution is 2.31. The molecule has 2 rings (SSSR count). The Balaban J connectivity index is 2.59. The molecule has 0 aromatic heterocycles. The van der Waals surface area contributed by atoms with Crippen LogP contribution in [0.2, 0.25) is 0 Å². The second-order valence-electron chi connectivity index (χ2n) is 13.7. The minimum atomic E-state index is 0.0506. The molecule has 0 amide bonds. The second-order valence-corrected chi connectivity index (χ2v) is 16.4. The quantitative estimate of drug-likeness (QED) is 0.261. The molecule has 2 aromatic rings. The van der Waals surface area contributed by atoms with Crippen LogP contribution in [0.15, 0.2) is 45.4 Å². The molecule has 0 aliphatic rings. The van der Waals surface area contributed by atoms with Crippen LogP contribution in [0.5, 0.6) is 0 Å². The smallest absolute Gasteiger partial charge is 0.0609 e. The monoisotopic (exact) mass is 608 g/mol. The average Bonchev–Trinajstić information content (AvgIpc) is 2.70. The third-order valence-corrected chi connectivity index (χ3v) is 6.98. The Morgan fingerprint density at radius 1 is 0.472 bits per heavy atom. The number of allylic oxidation sites excluding steroid dienone is 1. The largest absolute Gasteiger partial charge is 0.0963 e. The first kappa shape index (κ1) is 30.5. The molecule has 0 nitrogen and oxygen atoms in total. The van der Waals surface area contributed by atoms with Crippen molar-refractivity contribution >= 4 is 31.9 Å². The van der Waals surface area contributed by atoms with Crippen LogP contribution < -0.4 is 0 Å². The summed E-state index contributed by atoms with van der Waals surface area (Å²) < 4.78 is 0.765. The number of halogens is 2. The summed E-state index contributed by atoms with van der Waals surface area (Å²) in [4.78, 5) is 0. The third kappa shape index (κ3) is 8.68. The Labute approximate surface area is 238 Å². The number of hydrogen-bond acceptors (Lipinski definition) is 0. The van der Waals surface area contributed by atoms with E-state index in [2.05, 4.69) is 175 Å². The van der Waals surface area contributed by atoms with Gasteiger partial charge >= 0.3 is 0 Å². The average molecular weight is 611 g/mol. The maximum absolute atomic E-state index is 3.56. The lowest BCUT2D eigenvalue weighted by atomic mass is 9.79. The molecule has 0 bridgehead atoms. The van der Waals surface area contributed by atoms with E-state index in [9.17, 15) is 0 Å². The Bertz CT molecular complexity index is 1110. The van der Waals surface area contributed by atoms with Gasteiger partial charge in [0.2, 0.25) is 0 Å². The molecule has 36 heavy (non-hydrogen) atoms. The van der Waals surface area contributed by atoms with Crippen molar-refractivity contribution in [3.05, 3.63) is 78.7 Å². The van der Waals surface area contributed by atoms with E-state index in [0.29, 0.717) is 0 Å². The van der Waals surface area contributed by atoms with Crippen molar-refractivity contribution in [3.8, 4) is 23.7 Å². The van der Waals surface area contributed by atoms with Gasteiger partial charge in [-0.25, -0.2) is 0 Å². The lowest BCUT2D eigenvalue weighted by molar-refractivity contribution is 0.567. The second kappa shape index (κ2) is 10.9. The maximum Gasteiger partial charge on any atom is 0.0963 e. The molecule has 0 aliphatic carbocycles. The van der Waals surface area contributed by atoms with E-state index in [1.807, 2.05) is 0 Å². The van der Waals surface area contributed by atoms with Crippen molar-refractivity contribution in [2.45, 2.75) is 105 Å². The van der Waals surface area contributed by atoms with Crippen molar-refractivity contribution in [1.29, 1.82) is 0 Å². The zero-order chi connectivity index (χ0) is 27.7. The molecule has 0 fully saturated rings. The van der Waals surface area contributed by atoms with Crippen molar-refractivity contribution in [2.75, 3.05) is 0 Å². The molecule has 0 heterocycles. The van der Waals surface area contributed by atoms with Gasteiger partial charge in [-0.2, -0.15) is 0 Å². The fourth-order valence-electron chi connectivity index (χ4n) is 3.53. The van der Waals surface area contributed by atoms with Crippen LogP contribution >= 0.6 is 31.9 Å². The molecule has 0 radical (unpaired) electrons. The molecule has 0 saturated heterocycles. The minimum Gasteiger partial charge on any atom is -0.0609 e. The van der Waals surface area contributed by atoms with Crippen molar-refractivity contribution in [2.24, 2.45) is 0 Å². The van der Waals surface area contributed by atoms with E-state index in [0.717, 1.165) is 20.1 Å². The molecule has 192 valence electrons. The summed E-state index contributed by atoms with van der Waals surface area (Å²) in [6.07, 6.45) is 0. The van der Waals surface area contributed by atoms with E-state index in [1.54, 1.807) is 0 Å². The molecule has 0 atom stereocenters. The Morgan fingerprint density at radius 2 is 0.722 bits per heavy atom. The van der Waals surface area contributed by atoms with Crippen LogP contribution in [0.3, 0.4) is 0 Å². The molecule has 0 N–H and O–H groups in total. The van der Waals surface area contributed by atoms with E-state index >= 15 is 0 Å². The third-order valence-electron chi connectivity index (χ3n) is 6.18. The minimum absolute atomic E-state index is 0.0506. The molecular formula is C34H42Br2. The molecule has 2 heteroatoms. The van der Waals surface area contributed by atoms with Crippen molar-refractivity contribution < 1.29 is 0 Å². The zero-order valence-electron chi connectivity index (χ0n) is 24.2. The van der Waals surface area contributed by atoms with Gasteiger partial charge in [0.25, 0.3) is 0 Å². The highest BCUT2D eigenvalue weighted by Gasteiger charge is 2.21. The van der Waals surface area contributed by atoms with Gasteiger partial charge in [0, 0.05) is 11.1 Å². The summed E-state index contributed by atoms with van der Waals surface area (Å²) in [6.45, 7) is 26.9. The molecule has 2 aromatic carbocycles. The Kier molecular flexibility index (Phi) is 9.26.